The lowest BCUT2D eigenvalue weighted by Crippen LogP contribution is -2.27. The van der Waals surface area contributed by atoms with E-state index >= 15 is 0 Å². The summed E-state index contributed by atoms with van der Waals surface area (Å²) < 4.78 is 0. The molecule has 16 heavy (non-hydrogen) atoms. The second-order valence-corrected chi connectivity index (χ2v) is 6.06. The van der Waals surface area contributed by atoms with Crippen LogP contribution in [0.3, 0.4) is 0 Å². The number of carbonyl (C=O) groups is 1. The Morgan fingerprint density at radius 2 is 2.06 bits per heavy atom. The van der Waals surface area contributed by atoms with Crippen LogP contribution in [0.4, 0.5) is 0 Å². The van der Waals surface area contributed by atoms with Crippen LogP contribution in [0, 0.1) is 11.3 Å². The van der Waals surface area contributed by atoms with Crippen molar-refractivity contribution in [3.8, 4) is 0 Å². The second-order valence-electron chi connectivity index (χ2n) is 6.06. The first-order chi connectivity index (χ1) is 7.39. The highest BCUT2D eigenvalue weighted by molar-refractivity contribution is 5.99. The standard InChI is InChI=1S/C13H20N2O/c1-8(2)5-9-12-10(15-14-9)6-13(3,4)7-11(12)16/h8H,5-7H2,1-4H3,(H,14,15). The minimum absolute atomic E-state index is 0.0751. The van der Waals surface area contributed by atoms with Crippen LogP contribution in [0.15, 0.2) is 0 Å². The number of Topliss-reactive ketones (excluding diaryl/α,β-unsaturated/α-hetero) is 1. The molecule has 88 valence electrons. The number of hydrogen-bond acceptors (Lipinski definition) is 2. The third-order valence-corrected chi connectivity index (χ3v) is 3.09. The Morgan fingerprint density at radius 3 is 2.69 bits per heavy atom. The smallest absolute Gasteiger partial charge is 0.167 e. The molecule has 0 radical (unpaired) electrons. The van der Waals surface area contributed by atoms with Crippen molar-refractivity contribution in [1.29, 1.82) is 0 Å². The lowest BCUT2D eigenvalue weighted by molar-refractivity contribution is 0.0910. The highest BCUT2D eigenvalue weighted by atomic mass is 16.1. The lowest BCUT2D eigenvalue weighted by Gasteiger charge is -2.28. The van der Waals surface area contributed by atoms with Gasteiger partial charge in [0, 0.05) is 12.1 Å². The van der Waals surface area contributed by atoms with E-state index in [9.17, 15) is 4.79 Å². The second kappa shape index (κ2) is 3.72. The van der Waals surface area contributed by atoms with E-state index in [2.05, 4.69) is 37.9 Å². The molecule has 0 atom stereocenters. The molecule has 3 heteroatoms. The molecule has 3 nitrogen and oxygen atoms in total. The zero-order chi connectivity index (χ0) is 11.9. The van der Waals surface area contributed by atoms with Crippen molar-refractivity contribution in [1.82, 2.24) is 10.2 Å². The molecule has 1 heterocycles. The van der Waals surface area contributed by atoms with Crippen LogP contribution in [0.2, 0.25) is 0 Å². The molecular formula is C13H20N2O. The zero-order valence-corrected chi connectivity index (χ0v) is 10.6. The van der Waals surface area contributed by atoms with Crippen LogP contribution >= 0.6 is 0 Å². The minimum atomic E-state index is 0.0751. The maximum Gasteiger partial charge on any atom is 0.167 e. The lowest BCUT2D eigenvalue weighted by atomic mass is 9.75. The van der Waals surface area contributed by atoms with Gasteiger partial charge in [0.25, 0.3) is 0 Å². The third kappa shape index (κ3) is 2.04. The average Bonchev–Trinajstić information content (AvgIpc) is 2.44. The molecular weight excluding hydrogens is 200 g/mol. The molecule has 0 aromatic carbocycles. The predicted octanol–water partition coefficient (Wildman–Crippen LogP) is 2.76. The summed E-state index contributed by atoms with van der Waals surface area (Å²) in [6, 6.07) is 0. The topological polar surface area (TPSA) is 45.8 Å². The van der Waals surface area contributed by atoms with Gasteiger partial charge in [-0.25, -0.2) is 0 Å². The Balaban J connectivity index is 2.36. The van der Waals surface area contributed by atoms with E-state index in [-0.39, 0.29) is 11.2 Å². The zero-order valence-electron chi connectivity index (χ0n) is 10.6. The maximum absolute atomic E-state index is 12.1. The van der Waals surface area contributed by atoms with Gasteiger partial charge < -0.3 is 0 Å². The first-order valence-electron chi connectivity index (χ1n) is 5.98. The molecule has 0 amide bonds. The summed E-state index contributed by atoms with van der Waals surface area (Å²) >= 11 is 0. The van der Waals surface area contributed by atoms with E-state index in [0.29, 0.717) is 12.3 Å². The number of nitrogens with zero attached hydrogens (tertiary/aromatic N) is 1. The first-order valence-corrected chi connectivity index (χ1v) is 5.98. The summed E-state index contributed by atoms with van der Waals surface area (Å²) in [5.74, 6) is 0.797. The first kappa shape index (κ1) is 11.4. The van der Waals surface area contributed by atoms with Gasteiger partial charge in [0.2, 0.25) is 0 Å². The molecule has 1 N–H and O–H groups in total. The SMILES string of the molecule is CC(C)Cc1n[nH]c2c1C(=O)CC(C)(C)C2. The summed E-state index contributed by atoms with van der Waals surface area (Å²) in [6.45, 7) is 8.57. The molecule has 0 spiro atoms. The number of ketones is 1. The number of rotatable bonds is 2. The molecule has 0 fully saturated rings. The maximum atomic E-state index is 12.1. The van der Waals surface area contributed by atoms with Crippen molar-refractivity contribution in [2.45, 2.75) is 47.0 Å². The fourth-order valence-corrected chi connectivity index (χ4v) is 2.48. The Kier molecular flexibility index (Phi) is 2.64. The Morgan fingerprint density at radius 1 is 1.38 bits per heavy atom. The van der Waals surface area contributed by atoms with Crippen LogP contribution < -0.4 is 0 Å². The number of H-pyrrole nitrogens is 1. The van der Waals surface area contributed by atoms with Gasteiger partial charge >= 0.3 is 0 Å². The highest BCUT2D eigenvalue weighted by Gasteiger charge is 2.34. The van der Waals surface area contributed by atoms with E-state index < -0.39 is 0 Å². The van der Waals surface area contributed by atoms with Gasteiger partial charge in [-0.2, -0.15) is 5.10 Å². The van der Waals surface area contributed by atoms with Crippen molar-refractivity contribution in [3.63, 3.8) is 0 Å². The Labute approximate surface area is 96.6 Å². The summed E-state index contributed by atoms with van der Waals surface area (Å²) in [7, 11) is 0. The van der Waals surface area contributed by atoms with Crippen molar-refractivity contribution in [2.75, 3.05) is 0 Å². The molecule has 0 saturated carbocycles. The monoisotopic (exact) mass is 220 g/mol. The fourth-order valence-electron chi connectivity index (χ4n) is 2.48. The van der Waals surface area contributed by atoms with Crippen LogP contribution in [0.1, 0.15) is 55.9 Å². The number of aromatic nitrogens is 2. The van der Waals surface area contributed by atoms with E-state index in [4.69, 9.17) is 0 Å². The van der Waals surface area contributed by atoms with Gasteiger partial charge in [-0.3, -0.25) is 9.89 Å². The van der Waals surface area contributed by atoms with E-state index in [1.807, 2.05) is 0 Å². The van der Waals surface area contributed by atoms with Crippen molar-refractivity contribution < 1.29 is 4.79 Å². The van der Waals surface area contributed by atoms with Crippen molar-refractivity contribution >= 4 is 5.78 Å². The Hall–Kier alpha value is -1.12. The Bertz CT molecular complexity index is 402. The van der Waals surface area contributed by atoms with E-state index in [1.165, 1.54) is 0 Å². The van der Waals surface area contributed by atoms with Gasteiger partial charge in [0.15, 0.2) is 5.78 Å². The van der Waals surface area contributed by atoms with Gasteiger partial charge in [-0.15, -0.1) is 0 Å². The summed E-state index contributed by atoms with van der Waals surface area (Å²) in [4.78, 5) is 12.1. The van der Waals surface area contributed by atoms with Gasteiger partial charge in [0.1, 0.15) is 0 Å². The molecule has 0 bridgehead atoms. The van der Waals surface area contributed by atoms with Crippen molar-refractivity contribution in [3.05, 3.63) is 17.0 Å². The number of hydrogen-bond donors (Lipinski definition) is 1. The summed E-state index contributed by atoms with van der Waals surface area (Å²) in [5.41, 5.74) is 2.96. The molecule has 1 aliphatic carbocycles. The molecule has 0 aliphatic heterocycles. The van der Waals surface area contributed by atoms with E-state index in [1.54, 1.807) is 0 Å². The van der Waals surface area contributed by atoms with Gasteiger partial charge in [0.05, 0.1) is 11.3 Å². The molecule has 0 saturated heterocycles. The van der Waals surface area contributed by atoms with Crippen LogP contribution in [0.25, 0.3) is 0 Å². The molecule has 1 aromatic heterocycles. The predicted molar refractivity (Wildman–Crippen MR) is 63.6 cm³/mol. The number of aromatic amines is 1. The number of carbonyl (C=O) groups excluding carboxylic acids is 1. The van der Waals surface area contributed by atoms with Gasteiger partial charge in [-0.05, 0) is 24.2 Å². The van der Waals surface area contributed by atoms with Gasteiger partial charge in [-0.1, -0.05) is 27.7 Å². The fraction of sp³-hybridized carbons (Fsp3) is 0.692. The molecule has 2 rings (SSSR count). The van der Waals surface area contributed by atoms with Crippen LogP contribution in [0.5, 0.6) is 0 Å². The molecule has 0 unspecified atom stereocenters. The van der Waals surface area contributed by atoms with E-state index in [0.717, 1.165) is 29.8 Å². The number of nitrogens with one attached hydrogen (secondary N) is 1. The molecule has 1 aliphatic rings. The average molecular weight is 220 g/mol. The quantitative estimate of drug-likeness (QED) is 0.833. The van der Waals surface area contributed by atoms with Crippen LogP contribution in [-0.2, 0) is 12.8 Å². The largest absolute Gasteiger partial charge is 0.294 e. The normalized spacial score (nSPS) is 18.9. The minimum Gasteiger partial charge on any atom is -0.294 e. The third-order valence-electron chi connectivity index (χ3n) is 3.09. The van der Waals surface area contributed by atoms with Crippen LogP contribution in [-0.4, -0.2) is 16.0 Å². The van der Waals surface area contributed by atoms with Crippen molar-refractivity contribution in [2.24, 2.45) is 11.3 Å². The molecule has 1 aromatic rings. The highest BCUT2D eigenvalue weighted by Crippen LogP contribution is 2.35. The number of fused-ring (bicyclic) bond motifs is 1. The summed E-state index contributed by atoms with van der Waals surface area (Å²) in [5, 5.41) is 7.35. The summed E-state index contributed by atoms with van der Waals surface area (Å²) in [6.07, 6.45) is 2.46.